The average Bonchev–Trinajstić information content (AvgIpc) is 2.39. The molecule has 4 heteroatoms. The van der Waals surface area contributed by atoms with Gasteiger partial charge in [0.2, 0.25) is 0 Å². The minimum Gasteiger partial charge on any atom is -0.323 e. The van der Waals surface area contributed by atoms with E-state index in [-0.39, 0.29) is 17.6 Å². The van der Waals surface area contributed by atoms with Crippen LogP contribution in [-0.2, 0) is 10.8 Å². The van der Waals surface area contributed by atoms with Crippen LogP contribution in [0, 0.1) is 12.7 Å². The number of hydrogen-bond donors (Lipinski definition) is 1. The molecule has 0 saturated carbocycles. The molecule has 0 saturated heterocycles. The molecule has 0 aromatic heterocycles. The third-order valence-corrected chi connectivity index (χ3v) is 4.42. The van der Waals surface area contributed by atoms with Crippen LogP contribution in [0.1, 0.15) is 17.2 Å². The molecule has 0 fully saturated rings. The first kappa shape index (κ1) is 13.9. The zero-order chi connectivity index (χ0) is 13.8. The molecule has 2 atom stereocenters. The second-order valence-corrected chi connectivity index (χ2v) is 5.93. The third-order valence-electron chi connectivity index (χ3n) is 2.98. The van der Waals surface area contributed by atoms with Gasteiger partial charge >= 0.3 is 0 Å². The molecule has 19 heavy (non-hydrogen) atoms. The number of aryl methyl sites for hydroxylation is 1. The lowest BCUT2D eigenvalue weighted by molar-refractivity contribution is 0.622. The molecule has 100 valence electrons. The van der Waals surface area contributed by atoms with E-state index in [4.69, 9.17) is 5.73 Å². The van der Waals surface area contributed by atoms with E-state index in [0.29, 0.717) is 4.90 Å². The lowest BCUT2D eigenvalue weighted by Crippen LogP contribution is -2.19. The van der Waals surface area contributed by atoms with E-state index in [0.717, 1.165) is 11.1 Å². The molecule has 2 nitrogen and oxygen atoms in total. The van der Waals surface area contributed by atoms with Gasteiger partial charge in [0.05, 0.1) is 10.8 Å². The van der Waals surface area contributed by atoms with Crippen LogP contribution in [0.3, 0.4) is 0 Å². The first-order valence-electron chi connectivity index (χ1n) is 6.03. The van der Waals surface area contributed by atoms with Crippen LogP contribution in [0.4, 0.5) is 4.39 Å². The largest absolute Gasteiger partial charge is 0.323 e. The molecule has 0 amide bonds. The molecule has 0 aliphatic rings. The average molecular weight is 277 g/mol. The Morgan fingerprint density at radius 2 is 1.95 bits per heavy atom. The van der Waals surface area contributed by atoms with Crippen LogP contribution in [0.2, 0.25) is 0 Å². The molecular weight excluding hydrogens is 261 g/mol. The molecule has 0 aliphatic heterocycles. The maximum Gasteiger partial charge on any atom is 0.124 e. The number of nitrogens with two attached hydrogens (primary N) is 1. The predicted molar refractivity (Wildman–Crippen MR) is 75.8 cm³/mol. The molecule has 2 unspecified atom stereocenters. The molecule has 2 aromatic rings. The normalized spacial score (nSPS) is 14.1. The molecule has 0 spiro atoms. The van der Waals surface area contributed by atoms with E-state index in [9.17, 15) is 8.60 Å². The summed E-state index contributed by atoms with van der Waals surface area (Å²) in [5, 5.41) is 0. The summed E-state index contributed by atoms with van der Waals surface area (Å²) in [4.78, 5) is 0.476. The standard InChI is InChI=1S/C15H16FNOS/c1-11-5-2-3-8-14(11)15(17)10-19(18)13-7-4-6-12(16)9-13/h2-9,15H,10,17H2,1H3. The van der Waals surface area contributed by atoms with Crippen LogP contribution in [0.25, 0.3) is 0 Å². The van der Waals surface area contributed by atoms with Crippen LogP contribution < -0.4 is 5.73 Å². The molecular formula is C15H16FNOS. The molecule has 2 aromatic carbocycles. The van der Waals surface area contributed by atoms with Crippen molar-refractivity contribution < 1.29 is 8.60 Å². The van der Waals surface area contributed by atoms with Gasteiger partial charge in [0.25, 0.3) is 0 Å². The van der Waals surface area contributed by atoms with Crippen molar-refractivity contribution in [3.8, 4) is 0 Å². The monoisotopic (exact) mass is 277 g/mol. The van der Waals surface area contributed by atoms with E-state index in [1.54, 1.807) is 12.1 Å². The molecule has 0 aliphatic carbocycles. The second-order valence-electron chi connectivity index (χ2n) is 4.43. The fourth-order valence-electron chi connectivity index (χ4n) is 1.96. The van der Waals surface area contributed by atoms with Crippen LogP contribution in [-0.4, -0.2) is 9.96 Å². The third kappa shape index (κ3) is 3.49. The van der Waals surface area contributed by atoms with Crippen molar-refractivity contribution in [3.05, 3.63) is 65.5 Å². The molecule has 2 N–H and O–H groups in total. The van der Waals surface area contributed by atoms with E-state index < -0.39 is 10.8 Å². The van der Waals surface area contributed by atoms with Gasteiger partial charge in [-0.15, -0.1) is 0 Å². The molecule has 2 rings (SSSR count). The highest BCUT2D eigenvalue weighted by Gasteiger charge is 2.14. The SMILES string of the molecule is Cc1ccccc1C(N)CS(=O)c1cccc(F)c1. The Kier molecular flexibility index (Phi) is 4.45. The highest BCUT2D eigenvalue weighted by molar-refractivity contribution is 7.85. The molecule has 0 heterocycles. The summed E-state index contributed by atoms with van der Waals surface area (Å²) in [6, 6.07) is 13.3. The van der Waals surface area contributed by atoms with Crippen molar-refractivity contribution >= 4 is 10.8 Å². The van der Waals surface area contributed by atoms with E-state index in [1.165, 1.54) is 12.1 Å². The Morgan fingerprint density at radius 3 is 2.63 bits per heavy atom. The quantitative estimate of drug-likeness (QED) is 0.933. The van der Waals surface area contributed by atoms with Crippen LogP contribution in [0.5, 0.6) is 0 Å². The number of rotatable bonds is 4. The van der Waals surface area contributed by atoms with Crippen molar-refractivity contribution in [2.75, 3.05) is 5.75 Å². The molecule has 0 bridgehead atoms. The number of hydrogen-bond acceptors (Lipinski definition) is 2. The zero-order valence-electron chi connectivity index (χ0n) is 10.7. The summed E-state index contributed by atoms with van der Waals surface area (Å²) in [5.74, 6) is -0.0933. The van der Waals surface area contributed by atoms with Crippen LogP contribution in [0.15, 0.2) is 53.4 Å². The predicted octanol–water partition coefficient (Wildman–Crippen LogP) is 2.94. The Hall–Kier alpha value is -1.52. The van der Waals surface area contributed by atoms with Crippen molar-refractivity contribution in [2.45, 2.75) is 17.9 Å². The van der Waals surface area contributed by atoms with E-state index in [1.807, 2.05) is 31.2 Å². The Labute approximate surface area is 114 Å². The van der Waals surface area contributed by atoms with Gasteiger partial charge < -0.3 is 5.73 Å². The summed E-state index contributed by atoms with van der Waals surface area (Å²) in [7, 11) is -1.30. The topological polar surface area (TPSA) is 43.1 Å². The fraction of sp³-hybridized carbons (Fsp3) is 0.200. The number of halogens is 1. The van der Waals surface area contributed by atoms with E-state index in [2.05, 4.69) is 0 Å². The smallest absolute Gasteiger partial charge is 0.124 e. The van der Waals surface area contributed by atoms with Crippen molar-refractivity contribution in [1.29, 1.82) is 0 Å². The first-order chi connectivity index (χ1) is 9.08. The van der Waals surface area contributed by atoms with Gasteiger partial charge in [-0.3, -0.25) is 4.21 Å². The van der Waals surface area contributed by atoms with Crippen molar-refractivity contribution in [2.24, 2.45) is 5.73 Å². The Morgan fingerprint density at radius 1 is 1.21 bits per heavy atom. The first-order valence-corrected chi connectivity index (χ1v) is 7.35. The second kappa shape index (κ2) is 6.08. The minimum absolute atomic E-state index is 0.286. The van der Waals surface area contributed by atoms with Gasteiger partial charge in [-0.05, 0) is 36.2 Å². The van der Waals surface area contributed by atoms with E-state index >= 15 is 0 Å². The van der Waals surface area contributed by atoms with Gasteiger partial charge in [-0.25, -0.2) is 4.39 Å². The fourth-order valence-corrected chi connectivity index (χ4v) is 3.13. The summed E-state index contributed by atoms with van der Waals surface area (Å²) in [6.07, 6.45) is 0. The summed E-state index contributed by atoms with van der Waals surface area (Å²) < 4.78 is 25.2. The lowest BCUT2D eigenvalue weighted by Gasteiger charge is -2.14. The lowest BCUT2D eigenvalue weighted by atomic mass is 10.0. The summed E-state index contributed by atoms with van der Waals surface area (Å²) in [6.45, 7) is 1.97. The highest BCUT2D eigenvalue weighted by Crippen LogP contribution is 2.18. The number of benzene rings is 2. The van der Waals surface area contributed by atoms with Crippen molar-refractivity contribution in [1.82, 2.24) is 0 Å². The minimum atomic E-state index is -1.30. The van der Waals surface area contributed by atoms with Crippen LogP contribution >= 0.6 is 0 Å². The van der Waals surface area contributed by atoms with Gasteiger partial charge in [0, 0.05) is 16.7 Å². The maximum atomic E-state index is 13.1. The van der Waals surface area contributed by atoms with Gasteiger partial charge in [0.15, 0.2) is 0 Å². The van der Waals surface area contributed by atoms with Gasteiger partial charge in [-0.1, -0.05) is 30.3 Å². The van der Waals surface area contributed by atoms with Gasteiger partial charge in [-0.2, -0.15) is 0 Å². The van der Waals surface area contributed by atoms with Crippen molar-refractivity contribution in [3.63, 3.8) is 0 Å². The Balaban J connectivity index is 2.13. The molecule has 0 radical (unpaired) electrons. The summed E-state index contributed by atoms with van der Waals surface area (Å²) in [5.41, 5.74) is 8.14. The Bertz CT molecular complexity index is 600. The zero-order valence-corrected chi connectivity index (χ0v) is 11.5. The van der Waals surface area contributed by atoms with Gasteiger partial charge in [0.1, 0.15) is 5.82 Å². The maximum absolute atomic E-state index is 13.1. The summed E-state index contributed by atoms with van der Waals surface area (Å²) >= 11 is 0. The highest BCUT2D eigenvalue weighted by atomic mass is 32.2.